The Morgan fingerprint density at radius 3 is 3.04 bits per heavy atom. The number of nitrogens with one attached hydrogen (secondary N) is 2. The molecule has 0 spiro atoms. The lowest BCUT2D eigenvalue weighted by Gasteiger charge is -2.23. The third-order valence-corrected chi connectivity index (χ3v) is 4.04. The molecule has 1 aromatic carbocycles. The normalized spacial score (nSPS) is 17.6. The number of para-hydroxylation sites is 1. The quantitative estimate of drug-likeness (QED) is 0.900. The van der Waals surface area contributed by atoms with Crippen LogP contribution in [0.3, 0.4) is 0 Å². The maximum Gasteiger partial charge on any atom is 0.254 e. The van der Waals surface area contributed by atoms with Crippen molar-refractivity contribution in [2.24, 2.45) is 0 Å². The maximum atomic E-state index is 12.2. The summed E-state index contributed by atoms with van der Waals surface area (Å²) in [5.41, 5.74) is 2.55. The molecule has 0 bridgehead atoms. The second kappa shape index (κ2) is 6.64. The Kier molecular flexibility index (Phi) is 4.41. The van der Waals surface area contributed by atoms with Crippen molar-refractivity contribution in [3.63, 3.8) is 0 Å². The highest BCUT2D eigenvalue weighted by atomic mass is 16.2. The van der Waals surface area contributed by atoms with E-state index in [0.717, 1.165) is 24.1 Å². The number of piperidine rings is 1. The zero-order valence-electron chi connectivity index (χ0n) is 13.1. The molecule has 0 unspecified atom stereocenters. The van der Waals surface area contributed by atoms with Crippen LogP contribution in [0.15, 0.2) is 36.7 Å². The first-order valence-corrected chi connectivity index (χ1v) is 7.82. The van der Waals surface area contributed by atoms with Crippen LogP contribution in [0.2, 0.25) is 0 Å². The Bertz CT molecular complexity index is 723. The van der Waals surface area contributed by atoms with Crippen LogP contribution < -0.4 is 10.6 Å². The van der Waals surface area contributed by atoms with E-state index in [9.17, 15) is 9.59 Å². The summed E-state index contributed by atoms with van der Waals surface area (Å²) in [7, 11) is 0. The fourth-order valence-electron chi connectivity index (χ4n) is 2.74. The Morgan fingerprint density at radius 2 is 2.26 bits per heavy atom. The van der Waals surface area contributed by atoms with E-state index >= 15 is 0 Å². The molecular formula is C17H20N4O2. The highest BCUT2D eigenvalue weighted by molar-refractivity contribution is 5.93. The second-order valence-corrected chi connectivity index (χ2v) is 5.83. The van der Waals surface area contributed by atoms with Crippen molar-refractivity contribution in [2.75, 3.05) is 6.54 Å². The highest BCUT2D eigenvalue weighted by Gasteiger charge is 2.19. The van der Waals surface area contributed by atoms with Gasteiger partial charge in [0.1, 0.15) is 0 Å². The van der Waals surface area contributed by atoms with Crippen LogP contribution in [0.5, 0.6) is 0 Å². The minimum absolute atomic E-state index is 0.0200. The van der Waals surface area contributed by atoms with Crippen molar-refractivity contribution >= 4 is 11.8 Å². The van der Waals surface area contributed by atoms with E-state index in [-0.39, 0.29) is 17.9 Å². The lowest BCUT2D eigenvalue weighted by Crippen LogP contribution is -2.46. The summed E-state index contributed by atoms with van der Waals surface area (Å²) in [6.45, 7) is 2.45. The van der Waals surface area contributed by atoms with Gasteiger partial charge in [0.25, 0.3) is 5.91 Å². The van der Waals surface area contributed by atoms with Gasteiger partial charge in [-0.1, -0.05) is 18.2 Å². The SMILES string of the molecule is Cc1ccccc1-n1cc(C(=O)NC[C@H]2CCCC(=O)N2)cn1. The monoisotopic (exact) mass is 312 g/mol. The van der Waals surface area contributed by atoms with E-state index in [1.54, 1.807) is 17.1 Å². The summed E-state index contributed by atoms with van der Waals surface area (Å²) in [5, 5.41) is 10.0. The van der Waals surface area contributed by atoms with Crippen LogP contribution >= 0.6 is 0 Å². The van der Waals surface area contributed by atoms with Gasteiger partial charge in [-0.05, 0) is 31.4 Å². The van der Waals surface area contributed by atoms with Crippen LogP contribution in [-0.4, -0.2) is 34.2 Å². The number of aromatic nitrogens is 2. The van der Waals surface area contributed by atoms with E-state index in [1.165, 1.54) is 0 Å². The fourth-order valence-corrected chi connectivity index (χ4v) is 2.74. The molecule has 23 heavy (non-hydrogen) atoms. The molecule has 0 saturated carbocycles. The zero-order valence-corrected chi connectivity index (χ0v) is 13.1. The molecule has 2 N–H and O–H groups in total. The van der Waals surface area contributed by atoms with Crippen LogP contribution in [0.1, 0.15) is 35.2 Å². The standard InChI is InChI=1S/C17H20N4O2/c1-12-5-2-3-7-15(12)21-11-13(9-19-21)17(23)18-10-14-6-4-8-16(22)20-14/h2-3,5,7,9,11,14H,4,6,8,10H2,1H3,(H,18,23)(H,20,22)/t14-/m1/s1. The van der Waals surface area contributed by atoms with Crippen molar-refractivity contribution in [3.8, 4) is 5.69 Å². The number of benzene rings is 1. The van der Waals surface area contributed by atoms with E-state index in [2.05, 4.69) is 15.7 Å². The molecule has 3 rings (SSSR count). The van der Waals surface area contributed by atoms with Gasteiger partial charge in [0, 0.05) is 25.2 Å². The average Bonchev–Trinajstić information content (AvgIpc) is 3.03. The van der Waals surface area contributed by atoms with Gasteiger partial charge in [0.2, 0.25) is 5.91 Å². The molecule has 1 aliphatic heterocycles. The van der Waals surface area contributed by atoms with Crippen molar-refractivity contribution in [2.45, 2.75) is 32.2 Å². The van der Waals surface area contributed by atoms with Crippen LogP contribution in [0, 0.1) is 6.92 Å². The molecule has 0 radical (unpaired) electrons. The Balaban J connectivity index is 1.62. The summed E-state index contributed by atoms with van der Waals surface area (Å²) < 4.78 is 1.70. The van der Waals surface area contributed by atoms with Crippen molar-refractivity contribution in [3.05, 3.63) is 47.8 Å². The number of nitrogens with zero attached hydrogens (tertiary/aromatic N) is 2. The van der Waals surface area contributed by atoms with Crippen LogP contribution in [0.4, 0.5) is 0 Å². The van der Waals surface area contributed by atoms with E-state index < -0.39 is 0 Å². The number of amides is 2. The minimum atomic E-state index is -0.176. The highest BCUT2D eigenvalue weighted by Crippen LogP contribution is 2.13. The molecule has 1 aromatic heterocycles. The third-order valence-electron chi connectivity index (χ3n) is 4.04. The van der Waals surface area contributed by atoms with Gasteiger partial charge in [0.05, 0.1) is 17.4 Å². The second-order valence-electron chi connectivity index (χ2n) is 5.83. The van der Waals surface area contributed by atoms with Gasteiger partial charge in [-0.15, -0.1) is 0 Å². The molecule has 2 amide bonds. The summed E-state index contributed by atoms with van der Waals surface area (Å²) in [6.07, 6.45) is 5.62. The Hall–Kier alpha value is -2.63. The molecule has 6 nitrogen and oxygen atoms in total. The predicted molar refractivity (Wildman–Crippen MR) is 86.4 cm³/mol. The van der Waals surface area contributed by atoms with Crippen molar-refractivity contribution < 1.29 is 9.59 Å². The Labute approximate surface area is 134 Å². The largest absolute Gasteiger partial charge is 0.352 e. The number of carbonyl (C=O) groups excluding carboxylic acids is 2. The number of rotatable bonds is 4. The third kappa shape index (κ3) is 3.59. The smallest absolute Gasteiger partial charge is 0.254 e. The van der Waals surface area contributed by atoms with Crippen molar-refractivity contribution in [1.82, 2.24) is 20.4 Å². The average molecular weight is 312 g/mol. The topological polar surface area (TPSA) is 76.0 Å². The Morgan fingerprint density at radius 1 is 1.43 bits per heavy atom. The van der Waals surface area contributed by atoms with E-state index in [1.807, 2.05) is 31.2 Å². The molecule has 6 heteroatoms. The first-order valence-electron chi connectivity index (χ1n) is 7.82. The molecule has 0 aliphatic carbocycles. The van der Waals surface area contributed by atoms with Gasteiger partial charge in [-0.2, -0.15) is 5.10 Å². The summed E-state index contributed by atoms with van der Waals surface area (Å²) in [6, 6.07) is 7.89. The molecule has 1 atom stereocenters. The van der Waals surface area contributed by atoms with Crippen LogP contribution in [-0.2, 0) is 4.79 Å². The van der Waals surface area contributed by atoms with Gasteiger partial charge in [0.15, 0.2) is 0 Å². The van der Waals surface area contributed by atoms with Gasteiger partial charge >= 0.3 is 0 Å². The summed E-state index contributed by atoms with van der Waals surface area (Å²) in [4.78, 5) is 23.6. The number of hydrogen-bond acceptors (Lipinski definition) is 3. The molecule has 1 saturated heterocycles. The predicted octanol–water partition coefficient (Wildman–Crippen LogP) is 1.58. The fraction of sp³-hybridized carbons (Fsp3) is 0.353. The summed E-state index contributed by atoms with van der Waals surface area (Å²) >= 11 is 0. The number of hydrogen-bond donors (Lipinski definition) is 2. The molecule has 120 valence electrons. The van der Waals surface area contributed by atoms with E-state index in [0.29, 0.717) is 18.5 Å². The summed E-state index contributed by atoms with van der Waals surface area (Å²) in [5.74, 6) is -0.118. The van der Waals surface area contributed by atoms with Crippen molar-refractivity contribution in [1.29, 1.82) is 0 Å². The first-order chi connectivity index (χ1) is 11.1. The molecular weight excluding hydrogens is 292 g/mol. The molecule has 2 heterocycles. The molecule has 2 aromatic rings. The zero-order chi connectivity index (χ0) is 16.2. The first kappa shape index (κ1) is 15.3. The number of aryl methyl sites for hydroxylation is 1. The molecule has 1 fully saturated rings. The van der Waals surface area contributed by atoms with Gasteiger partial charge in [-0.25, -0.2) is 4.68 Å². The lowest BCUT2D eigenvalue weighted by molar-refractivity contribution is -0.123. The van der Waals surface area contributed by atoms with E-state index in [4.69, 9.17) is 0 Å². The van der Waals surface area contributed by atoms with Gasteiger partial charge in [-0.3, -0.25) is 9.59 Å². The van der Waals surface area contributed by atoms with Gasteiger partial charge < -0.3 is 10.6 Å². The molecule has 1 aliphatic rings. The minimum Gasteiger partial charge on any atom is -0.352 e. The maximum absolute atomic E-state index is 12.2. The number of carbonyl (C=O) groups is 2. The van der Waals surface area contributed by atoms with Crippen LogP contribution in [0.25, 0.3) is 5.69 Å². The lowest BCUT2D eigenvalue weighted by atomic mass is 10.0.